The van der Waals surface area contributed by atoms with Crippen molar-refractivity contribution in [2.24, 2.45) is 0 Å². The van der Waals surface area contributed by atoms with E-state index in [2.05, 4.69) is 15.0 Å². The molecule has 10 heteroatoms. The highest BCUT2D eigenvalue weighted by Gasteiger charge is 2.19. The van der Waals surface area contributed by atoms with Gasteiger partial charge in [-0.25, -0.2) is 17.8 Å². The number of aromatic nitrogens is 1. The van der Waals surface area contributed by atoms with Crippen molar-refractivity contribution in [2.75, 3.05) is 41.2 Å². The molecule has 1 fully saturated rings. The molecule has 166 valence electrons. The Morgan fingerprint density at radius 2 is 1.66 bits per heavy atom. The highest BCUT2D eigenvalue weighted by molar-refractivity contribution is 7.92. The molecule has 8 nitrogen and oxygen atoms in total. The number of hydrogen-bond acceptors (Lipinski definition) is 6. The molecule has 0 radical (unpaired) electrons. The summed E-state index contributed by atoms with van der Waals surface area (Å²) >= 11 is 0. The van der Waals surface area contributed by atoms with E-state index in [1.807, 2.05) is 4.90 Å². The van der Waals surface area contributed by atoms with Gasteiger partial charge in [0.25, 0.3) is 15.9 Å². The van der Waals surface area contributed by atoms with Crippen molar-refractivity contribution >= 4 is 33.1 Å². The molecule has 1 aromatic heterocycles. The number of carbonyl (C=O) groups excluding carboxylic acids is 1. The summed E-state index contributed by atoms with van der Waals surface area (Å²) in [5, 5.41) is 2.83. The van der Waals surface area contributed by atoms with Gasteiger partial charge in [-0.05, 0) is 48.5 Å². The summed E-state index contributed by atoms with van der Waals surface area (Å²) in [5.41, 5.74) is 0.672. The lowest BCUT2D eigenvalue weighted by Crippen LogP contribution is -2.37. The van der Waals surface area contributed by atoms with E-state index in [-0.39, 0.29) is 16.1 Å². The summed E-state index contributed by atoms with van der Waals surface area (Å²) in [6.45, 7) is 2.50. The molecular weight excluding hydrogens is 435 g/mol. The maximum absolute atomic E-state index is 13.8. The van der Waals surface area contributed by atoms with Crippen molar-refractivity contribution in [2.45, 2.75) is 4.90 Å². The van der Waals surface area contributed by atoms with Crippen LogP contribution in [0.25, 0.3) is 0 Å². The zero-order valence-electron chi connectivity index (χ0n) is 17.0. The predicted molar refractivity (Wildman–Crippen MR) is 119 cm³/mol. The highest BCUT2D eigenvalue weighted by Crippen LogP contribution is 2.25. The molecule has 0 saturated carbocycles. The summed E-state index contributed by atoms with van der Waals surface area (Å²) in [5.74, 6) is -0.435. The Balaban J connectivity index is 1.49. The number of nitrogens with one attached hydrogen (secondary N) is 2. The third kappa shape index (κ3) is 4.87. The predicted octanol–water partition coefficient (Wildman–Crippen LogP) is 3.11. The minimum Gasteiger partial charge on any atom is -0.378 e. The van der Waals surface area contributed by atoms with Crippen LogP contribution in [0.15, 0.2) is 71.8 Å². The van der Waals surface area contributed by atoms with Crippen LogP contribution in [0, 0.1) is 5.82 Å². The molecule has 2 aromatic carbocycles. The Morgan fingerprint density at radius 1 is 0.969 bits per heavy atom. The summed E-state index contributed by atoms with van der Waals surface area (Å²) in [4.78, 5) is 19.1. The number of anilines is 3. The van der Waals surface area contributed by atoms with Crippen LogP contribution in [-0.2, 0) is 14.8 Å². The Labute approximate surface area is 185 Å². The number of carbonyl (C=O) groups is 1. The molecule has 1 aliphatic rings. The Kier molecular flexibility index (Phi) is 6.33. The fourth-order valence-corrected chi connectivity index (χ4v) is 4.32. The normalized spacial score (nSPS) is 14.1. The maximum Gasteiger partial charge on any atom is 0.261 e. The van der Waals surface area contributed by atoms with E-state index in [9.17, 15) is 17.6 Å². The van der Waals surface area contributed by atoms with Gasteiger partial charge in [-0.2, -0.15) is 0 Å². The van der Waals surface area contributed by atoms with Crippen molar-refractivity contribution < 1.29 is 22.3 Å². The molecular formula is C22H21FN4O4S. The quantitative estimate of drug-likeness (QED) is 0.591. The molecule has 4 rings (SSSR count). The molecule has 0 atom stereocenters. The maximum atomic E-state index is 13.8. The van der Waals surface area contributed by atoms with Crippen LogP contribution in [0.1, 0.15) is 10.4 Å². The van der Waals surface area contributed by atoms with Crippen molar-refractivity contribution in [3.05, 3.63) is 78.2 Å². The summed E-state index contributed by atoms with van der Waals surface area (Å²) in [6, 6.07) is 14.4. The number of rotatable bonds is 6. The molecule has 1 aliphatic heterocycles. The lowest BCUT2D eigenvalue weighted by molar-refractivity contribution is 0.102. The van der Waals surface area contributed by atoms with Crippen LogP contribution in [0.3, 0.4) is 0 Å². The van der Waals surface area contributed by atoms with Gasteiger partial charge in [0.2, 0.25) is 0 Å². The first-order valence-corrected chi connectivity index (χ1v) is 11.4. The molecule has 2 heterocycles. The highest BCUT2D eigenvalue weighted by atomic mass is 32.2. The van der Waals surface area contributed by atoms with Gasteiger partial charge >= 0.3 is 0 Å². The number of para-hydroxylation sites is 1. The fourth-order valence-electron chi connectivity index (χ4n) is 3.25. The van der Waals surface area contributed by atoms with Crippen LogP contribution in [0.2, 0.25) is 0 Å². The number of sulfonamides is 1. The van der Waals surface area contributed by atoms with E-state index in [0.29, 0.717) is 37.8 Å². The van der Waals surface area contributed by atoms with Gasteiger partial charge < -0.3 is 15.0 Å². The van der Waals surface area contributed by atoms with Gasteiger partial charge in [0.05, 0.1) is 29.5 Å². The van der Waals surface area contributed by atoms with Gasteiger partial charge in [0.1, 0.15) is 5.82 Å². The molecule has 0 aliphatic carbocycles. The number of ether oxygens (including phenoxy) is 1. The van der Waals surface area contributed by atoms with Crippen molar-refractivity contribution in [3.8, 4) is 0 Å². The van der Waals surface area contributed by atoms with Crippen LogP contribution < -0.4 is 14.9 Å². The van der Waals surface area contributed by atoms with Crippen LogP contribution in [-0.4, -0.2) is 45.6 Å². The molecule has 3 aromatic rings. The van der Waals surface area contributed by atoms with E-state index in [1.54, 1.807) is 18.3 Å². The van der Waals surface area contributed by atoms with Crippen molar-refractivity contribution in [3.63, 3.8) is 0 Å². The van der Waals surface area contributed by atoms with Crippen LogP contribution >= 0.6 is 0 Å². The number of hydrogen-bond donors (Lipinski definition) is 2. The first-order valence-electron chi connectivity index (χ1n) is 9.90. The lowest BCUT2D eigenvalue weighted by atomic mass is 10.2. The Bertz CT molecular complexity index is 1210. The zero-order valence-corrected chi connectivity index (χ0v) is 17.8. The van der Waals surface area contributed by atoms with E-state index in [4.69, 9.17) is 4.74 Å². The monoisotopic (exact) mass is 456 g/mol. The second-order valence-electron chi connectivity index (χ2n) is 7.04. The van der Waals surface area contributed by atoms with Crippen molar-refractivity contribution in [1.82, 2.24) is 4.98 Å². The minimum atomic E-state index is -4.01. The Hall–Kier alpha value is -3.50. The van der Waals surface area contributed by atoms with E-state index < -0.39 is 21.7 Å². The second-order valence-corrected chi connectivity index (χ2v) is 8.72. The van der Waals surface area contributed by atoms with Gasteiger partial charge in [0, 0.05) is 24.8 Å². The average Bonchev–Trinajstić information content (AvgIpc) is 2.81. The van der Waals surface area contributed by atoms with E-state index in [0.717, 1.165) is 6.07 Å². The van der Waals surface area contributed by atoms with Gasteiger partial charge in [-0.15, -0.1) is 0 Å². The molecule has 1 amide bonds. The van der Waals surface area contributed by atoms with Crippen LogP contribution in [0.4, 0.5) is 21.6 Å². The molecule has 1 saturated heterocycles. The smallest absolute Gasteiger partial charge is 0.261 e. The number of nitrogens with zero attached hydrogens (tertiary/aromatic N) is 2. The van der Waals surface area contributed by atoms with E-state index in [1.165, 1.54) is 42.5 Å². The van der Waals surface area contributed by atoms with Gasteiger partial charge in [-0.3, -0.25) is 9.52 Å². The number of amides is 1. The molecule has 0 unspecified atom stereocenters. The third-order valence-electron chi connectivity index (χ3n) is 4.89. The average molecular weight is 456 g/mol. The number of halogens is 1. The van der Waals surface area contributed by atoms with Gasteiger partial charge in [-0.1, -0.05) is 12.1 Å². The number of pyridine rings is 1. The lowest BCUT2D eigenvalue weighted by Gasteiger charge is -2.29. The minimum absolute atomic E-state index is 0.0901. The standard InChI is InChI=1S/C22H21FN4O4S/c23-18-4-1-2-5-19(18)26-32(29,30)17-9-7-16(8-10-17)22(28)25-20-6-3-11-24-21(20)27-12-14-31-15-13-27/h1-11,26H,12-15H2,(H,25,28). The second kappa shape index (κ2) is 9.33. The van der Waals surface area contributed by atoms with Crippen molar-refractivity contribution in [1.29, 1.82) is 0 Å². The topological polar surface area (TPSA) is 101 Å². The Morgan fingerprint density at radius 3 is 2.38 bits per heavy atom. The molecule has 0 spiro atoms. The SMILES string of the molecule is O=C(Nc1cccnc1N1CCOCC1)c1ccc(S(=O)(=O)Nc2ccccc2F)cc1. The number of morpholine rings is 1. The summed E-state index contributed by atoms with van der Waals surface area (Å²) in [7, 11) is -4.01. The van der Waals surface area contributed by atoms with E-state index >= 15 is 0 Å². The molecule has 32 heavy (non-hydrogen) atoms. The zero-order chi connectivity index (χ0) is 22.6. The first kappa shape index (κ1) is 21.7. The van der Waals surface area contributed by atoms with Crippen LogP contribution in [0.5, 0.6) is 0 Å². The molecule has 2 N–H and O–H groups in total. The summed E-state index contributed by atoms with van der Waals surface area (Å²) < 4.78 is 46.4. The largest absolute Gasteiger partial charge is 0.378 e. The first-order chi connectivity index (χ1) is 15.4. The van der Waals surface area contributed by atoms with Gasteiger partial charge in [0.15, 0.2) is 5.82 Å². The summed E-state index contributed by atoms with van der Waals surface area (Å²) in [6.07, 6.45) is 1.66. The molecule has 0 bridgehead atoms. The number of benzene rings is 2. The fraction of sp³-hybridized carbons (Fsp3) is 0.182. The third-order valence-corrected chi connectivity index (χ3v) is 6.27.